The third kappa shape index (κ3) is 4.68. The summed E-state index contributed by atoms with van der Waals surface area (Å²) in [5.74, 6) is 1.51. The van der Waals surface area contributed by atoms with Crippen molar-refractivity contribution in [3.63, 3.8) is 0 Å². The number of ketones is 1. The maximum absolute atomic E-state index is 12.1. The first-order chi connectivity index (χ1) is 11.2. The normalized spacial score (nSPS) is 15.1. The van der Waals surface area contributed by atoms with Gasteiger partial charge < -0.3 is 9.84 Å². The van der Waals surface area contributed by atoms with Crippen LogP contribution in [0.3, 0.4) is 0 Å². The van der Waals surface area contributed by atoms with Crippen molar-refractivity contribution in [2.45, 2.75) is 51.9 Å². The molecule has 23 heavy (non-hydrogen) atoms. The zero-order valence-corrected chi connectivity index (χ0v) is 14.1. The molecule has 1 atom stereocenters. The highest BCUT2D eigenvalue weighted by Gasteiger charge is 2.21. The fourth-order valence-electron chi connectivity index (χ4n) is 3.15. The second-order valence-corrected chi connectivity index (χ2v) is 6.47. The van der Waals surface area contributed by atoms with Crippen molar-refractivity contribution in [3.05, 3.63) is 41.5 Å². The minimum atomic E-state index is 0.251. The van der Waals surface area contributed by atoms with Gasteiger partial charge >= 0.3 is 0 Å². The van der Waals surface area contributed by atoms with Gasteiger partial charge in [-0.15, -0.1) is 6.58 Å². The van der Waals surface area contributed by atoms with E-state index >= 15 is 0 Å². The Bertz CT molecular complexity index is 548. The molecule has 0 heterocycles. The number of allylic oxidation sites excluding steroid dienone is 1. The van der Waals surface area contributed by atoms with E-state index in [2.05, 4.69) is 13.5 Å². The summed E-state index contributed by atoms with van der Waals surface area (Å²) in [5.41, 5.74) is 3.17. The molecule has 2 rings (SSSR count). The molecular weight excluding hydrogens is 288 g/mol. The predicted molar refractivity (Wildman–Crippen MR) is 93.2 cm³/mol. The quantitative estimate of drug-likeness (QED) is 0.551. The van der Waals surface area contributed by atoms with E-state index in [0.717, 1.165) is 61.0 Å². The molecule has 126 valence electrons. The molecular formula is C20H28O3. The van der Waals surface area contributed by atoms with Crippen LogP contribution in [0.4, 0.5) is 0 Å². The molecule has 1 unspecified atom stereocenters. The van der Waals surface area contributed by atoms with Gasteiger partial charge in [-0.2, -0.15) is 0 Å². The van der Waals surface area contributed by atoms with Crippen molar-refractivity contribution >= 4 is 5.78 Å². The molecule has 0 fully saturated rings. The Morgan fingerprint density at radius 3 is 2.91 bits per heavy atom. The van der Waals surface area contributed by atoms with Crippen molar-refractivity contribution in [2.24, 2.45) is 5.92 Å². The van der Waals surface area contributed by atoms with Gasteiger partial charge in [0.15, 0.2) is 5.78 Å². The van der Waals surface area contributed by atoms with Gasteiger partial charge in [-0.1, -0.05) is 13.0 Å². The van der Waals surface area contributed by atoms with Crippen LogP contribution < -0.4 is 4.74 Å². The molecule has 0 spiro atoms. The summed E-state index contributed by atoms with van der Waals surface area (Å²) in [5, 5.41) is 9.03. The molecule has 0 aliphatic heterocycles. The Hall–Kier alpha value is -1.61. The number of hydrogen-bond acceptors (Lipinski definition) is 3. The van der Waals surface area contributed by atoms with Crippen LogP contribution in [0.15, 0.2) is 24.8 Å². The topological polar surface area (TPSA) is 46.5 Å². The zero-order valence-electron chi connectivity index (χ0n) is 14.1. The van der Waals surface area contributed by atoms with Gasteiger partial charge in [0.05, 0.1) is 6.61 Å². The van der Waals surface area contributed by atoms with Crippen LogP contribution >= 0.6 is 0 Å². The summed E-state index contributed by atoms with van der Waals surface area (Å²) in [6.45, 7) is 6.83. The van der Waals surface area contributed by atoms with Crippen LogP contribution in [-0.2, 0) is 12.8 Å². The number of carbonyl (C=O) groups excluding carboxylic acids is 1. The van der Waals surface area contributed by atoms with Crippen LogP contribution in [0.2, 0.25) is 0 Å². The van der Waals surface area contributed by atoms with E-state index in [1.54, 1.807) is 0 Å². The van der Waals surface area contributed by atoms with Crippen molar-refractivity contribution < 1.29 is 14.6 Å². The second-order valence-electron chi connectivity index (χ2n) is 6.47. The first-order valence-electron chi connectivity index (χ1n) is 8.69. The van der Waals surface area contributed by atoms with Gasteiger partial charge in [-0.25, -0.2) is 0 Å². The maximum Gasteiger partial charge on any atom is 0.163 e. The predicted octanol–water partition coefficient (Wildman–Crippen LogP) is 4.11. The Kier molecular flexibility index (Phi) is 6.85. The Labute approximate surface area is 139 Å². The summed E-state index contributed by atoms with van der Waals surface area (Å²) in [7, 11) is 0. The monoisotopic (exact) mass is 316 g/mol. The molecule has 0 bridgehead atoms. The molecule has 0 saturated heterocycles. The highest BCUT2D eigenvalue weighted by Crippen LogP contribution is 2.32. The molecule has 1 aliphatic carbocycles. The summed E-state index contributed by atoms with van der Waals surface area (Å²) in [6.07, 6.45) is 8.23. The lowest BCUT2D eigenvalue weighted by Gasteiger charge is -2.21. The molecule has 1 aromatic rings. The number of benzene rings is 1. The molecule has 1 aromatic carbocycles. The molecule has 0 aromatic heterocycles. The minimum Gasteiger partial charge on any atom is -0.493 e. The molecule has 0 amide bonds. The van der Waals surface area contributed by atoms with Gasteiger partial charge in [0, 0.05) is 24.2 Å². The number of fused-ring (bicyclic) bond motifs is 1. The zero-order chi connectivity index (χ0) is 16.7. The average Bonchev–Trinajstić information content (AvgIpc) is 2.56. The first-order valence-corrected chi connectivity index (χ1v) is 8.69. The average molecular weight is 316 g/mol. The van der Waals surface area contributed by atoms with Crippen LogP contribution in [0.25, 0.3) is 0 Å². The summed E-state index contributed by atoms with van der Waals surface area (Å²) >= 11 is 0. The lowest BCUT2D eigenvalue weighted by molar-refractivity contribution is 0.0972. The minimum absolute atomic E-state index is 0.251. The van der Waals surface area contributed by atoms with Crippen LogP contribution in [-0.4, -0.2) is 24.1 Å². The van der Waals surface area contributed by atoms with E-state index in [0.29, 0.717) is 18.9 Å². The number of rotatable bonds is 9. The first kappa shape index (κ1) is 17.7. The van der Waals surface area contributed by atoms with Crippen LogP contribution in [0.1, 0.15) is 60.5 Å². The highest BCUT2D eigenvalue weighted by molar-refractivity contribution is 5.99. The third-order valence-corrected chi connectivity index (χ3v) is 4.53. The molecule has 3 heteroatoms. The fourth-order valence-corrected chi connectivity index (χ4v) is 3.15. The van der Waals surface area contributed by atoms with E-state index in [4.69, 9.17) is 9.84 Å². The maximum atomic E-state index is 12.1. The van der Waals surface area contributed by atoms with Crippen LogP contribution in [0.5, 0.6) is 5.75 Å². The summed E-state index contributed by atoms with van der Waals surface area (Å²) in [6, 6.07) is 3.86. The number of carbonyl (C=O) groups is 1. The van der Waals surface area contributed by atoms with Gasteiger partial charge in [0.1, 0.15) is 5.75 Å². The number of ether oxygens (including phenoxy) is 1. The van der Waals surface area contributed by atoms with E-state index in [-0.39, 0.29) is 12.4 Å². The molecule has 0 radical (unpaired) electrons. The summed E-state index contributed by atoms with van der Waals surface area (Å²) < 4.78 is 5.98. The van der Waals surface area contributed by atoms with Gasteiger partial charge in [0.25, 0.3) is 0 Å². The van der Waals surface area contributed by atoms with Gasteiger partial charge in [-0.05, 0) is 62.1 Å². The van der Waals surface area contributed by atoms with E-state index in [9.17, 15) is 4.79 Å². The standard InChI is InChI=1S/C20H28O3/c1-3-7-18-16-9-6-10-19(22)17(16)11-12-20(18)23-13-5-4-8-15(2)14-21/h3,11-12,15,21H,1,4-10,13-14H2,2H3. The van der Waals surface area contributed by atoms with Gasteiger partial charge in [-0.3, -0.25) is 4.79 Å². The number of aliphatic hydroxyl groups is 1. The number of Topliss-reactive ketones (excluding diaryl/α,β-unsaturated/α-hetero) is 1. The number of unbranched alkanes of at least 4 members (excludes halogenated alkanes) is 1. The van der Waals surface area contributed by atoms with E-state index < -0.39 is 0 Å². The van der Waals surface area contributed by atoms with Gasteiger partial charge in [0.2, 0.25) is 0 Å². The Morgan fingerprint density at radius 1 is 1.35 bits per heavy atom. The smallest absolute Gasteiger partial charge is 0.163 e. The molecule has 1 N–H and O–H groups in total. The number of aliphatic hydroxyl groups excluding tert-OH is 1. The van der Waals surface area contributed by atoms with Crippen molar-refractivity contribution in [3.8, 4) is 5.75 Å². The fraction of sp³-hybridized carbons (Fsp3) is 0.550. The second kappa shape index (κ2) is 8.88. The van der Waals surface area contributed by atoms with Crippen LogP contribution in [0, 0.1) is 5.92 Å². The highest BCUT2D eigenvalue weighted by atomic mass is 16.5. The third-order valence-electron chi connectivity index (χ3n) is 4.53. The number of hydrogen-bond donors (Lipinski definition) is 1. The van der Waals surface area contributed by atoms with E-state index in [1.165, 1.54) is 0 Å². The van der Waals surface area contributed by atoms with Crippen molar-refractivity contribution in [2.75, 3.05) is 13.2 Å². The lowest BCUT2D eigenvalue weighted by atomic mass is 9.86. The molecule has 3 nitrogen and oxygen atoms in total. The SMILES string of the molecule is C=CCc1c(OCCCCC(C)CO)ccc2c1CCCC2=O. The Morgan fingerprint density at radius 2 is 2.17 bits per heavy atom. The Balaban J connectivity index is 2.01. The molecule has 1 aliphatic rings. The largest absolute Gasteiger partial charge is 0.493 e. The lowest BCUT2D eigenvalue weighted by Crippen LogP contribution is -2.14. The van der Waals surface area contributed by atoms with Crippen molar-refractivity contribution in [1.82, 2.24) is 0 Å². The molecule has 0 saturated carbocycles. The summed E-state index contributed by atoms with van der Waals surface area (Å²) in [4.78, 5) is 12.1. The van der Waals surface area contributed by atoms with Crippen molar-refractivity contribution in [1.29, 1.82) is 0 Å². The van der Waals surface area contributed by atoms with E-state index in [1.807, 2.05) is 18.2 Å².